The van der Waals surface area contributed by atoms with Crippen LogP contribution in [0.15, 0.2) is 0 Å². The number of hydrogen-bond donors (Lipinski definition) is 1. The topological polar surface area (TPSA) is 62.1 Å². The van der Waals surface area contributed by atoms with Crippen LogP contribution in [-0.2, 0) is 9.53 Å². The van der Waals surface area contributed by atoms with Crippen molar-refractivity contribution in [3.05, 3.63) is 0 Å². The van der Waals surface area contributed by atoms with Gasteiger partial charge in [0.2, 0.25) is 5.91 Å². The smallest absolute Gasteiger partial charge is 0.247 e. The molecule has 0 aromatic heterocycles. The van der Waals surface area contributed by atoms with Gasteiger partial charge in [-0.3, -0.25) is 4.79 Å². The van der Waals surface area contributed by atoms with Gasteiger partial charge in [0.15, 0.2) is 0 Å². The van der Waals surface area contributed by atoms with Crippen LogP contribution in [-0.4, -0.2) is 24.7 Å². The Hall–Kier alpha value is -1.08. The molecule has 0 spiro atoms. The molecular weight excluding hydrogens is 240 g/mol. The third-order valence-electron chi connectivity index (χ3n) is 3.76. The summed E-state index contributed by atoms with van der Waals surface area (Å²) in [4.78, 5) is 11.8. The fourth-order valence-corrected chi connectivity index (χ4v) is 2.36. The zero-order chi connectivity index (χ0) is 14.5. The van der Waals surface area contributed by atoms with Crippen molar-refractivity contribution in [1.29, 1.82) is 5.26 Å². The number of ether oxygens (including phenoxy) is 1. The molecule has 0 bridgehead atoms. The van der Waals surface area contributed by atoms with Crippen molar-refractivity contribution < 1.29 is 9.53 Å². The first-order valence-electron chi connectivity index (χ1n) is 7.15. The van der Waals surface area contributed by atoms with Crippen molar-refractivity contribution in [2.75, 3.05) is 6.61 Å². The molecule has 3 atom stereocenters. The van der Waals surface area contributed by atoms with Crippen LogP contribution in [0.1, 0.15) is 53.4 Å². The lowest BCUT2D eigenvalue weighted by atomic mass is 9.87. The summed E-state index contributed by atoms with van der Waals surface area (Å²) in [5.41, 5.74) is -0.261. The molecule has 0 aromatic rings. The summed E-state index contributed by atoms with van der Waals surface area (Å²) in [5, 5.41) is 11.8. The maximum absolute atomic E-state index is 11.8. The van der Waals surface area contributed by atoms with E-state index < -0.39 is 6.04 Å². The van der Waals surface area contributed by atoms with Crippen molar-refractivity contribution in [3.8, 4) is 6.07 Å². The van der Waals surface area contributed by atoms with Crippen LogP contribution in [0.25, 0.3) is 0 Å². The quantitative estimate of drug-likeness (QED) is 0.851. The van der Waals surface area contributed by atoms with E-state index in [4.69, 9.17) is 10.00 Å². The number of nitrogens with zero attached hydrogens (tertiary/aromatic N) is 1. The van der Waals surface area contributed by atoms with E-state index in [0.29, 0.717) is 5.92 Å². The van der Waals surface area contributed by atoms with Crippen molar-refractivity contribution in [2.45, 2.75) is 65.5 Å². The number of carbonyl (C=O) groups excluding carboxylic acids is 1. The minimum atomic E-state index is -0.479. The summed E-state index contributed by atoms with van der Waals surface area (Å²) >= 11 is 0. The van der Waals surface area contributed by atoms with E-state index in [1.165, 1.54) is 19.3 Å². The zero-order valence-electron chi connectivity index (χ0n) is 12.5. The number of carbonyl (C=O) groups is 1. The Labute approximate surface area is 116 Å². The molecule has 1 fully saturated rings. The van der Waals surface area contributed by atoms with Crippen molar-refractivity contribution >= 4 is 5.91 Å². The maximum Gasteiger partial charge on any atom is 0.247 e. The highest BCUT2D eigenvalue weighted by molar-refractivity contribution is 5.78. The van der Waals surface area contributed by atoms with E-state index in [2.05, 4.69) is 18.3 Å². The molecule has 1 saturated carbocycles. The van der Waals surface area contributed by atoms with Gasteiger partial charge in [-0.25, -0.2) is 0 Å². The molecule has 1 aliphatic rings. The Bertz CT molecular complexity index is 341. The van der Waals surface area contributed by atoms with Gasteiger partial charge < -0.3 is 10.1 Å². The van der Waals surface area contributed by atoms with Gasteiger partial charge in [-0.15, -0.1) is 0 Å². The Morgan fingerprint density at radius 1 is 1.42 bits per heavy atom. The van der Waals surface area contributed by atoms with Crippen LogP contribution >= 0.6 is 0 Å². The second-order valence-electron chi connectivity index (χ2n) is 6.61. The standard InChI is InChI=1S/C15H26N2O2/c1-11-7-5-6-8-12(11)19-10-14(18)17-13(9-16)15(2,3)4/h11-13H,5-8,10H2,1-4H3,(H,17,18)/t11-,12-,13-/m1/s1. The lowest BCUT2D eigenvalue weighted by molar-refractivity contribution is -0.130. The molecule has 0 unspecified atom stereocenters. The SMILES string of the molecule is C[C@@H]1CCCC[C@H]1OCC(=O)N[C@H](C#N)C(C)(C)C. The van der Waals surface area contributed by atoms with Crippen LogP contribution in [0, 0.1) is 22.7 Å². The van der Waals surface area contributed by atoms with Crippen molar-refractivity contribution in [2.24, 2.45) is 11.3 Å². The first kappa shape index (κ1) is 16.0. The molecule has 1 amide bonds. The summed E-state index contributed by atoms with van der Waals surface area (Å²) in [6.45, 7) is 8.04. The van der Waals surface area contributed by atoms with Gasteiger partial charge in [0.25, 0.3) is 0 Å². The summed E-state index contributed by atoms with van der Waals surface area (Å²) in [6.07, 6.45) is 4.84. The summed E-state index contributed by atoms with van der Waals surface area (Å²) in [6, 6.07) is 1.65. The molecule has 19 heavy (non-hydrogen) atoms. The molecule has 1 N–H and O–H groups in total. The minimum Gasteiger partial charge on any atom is -0.368 e. The predicted molar refractivity (Wildman–Crippen MR) is 74.4 cm³/mol. The van der Waals surface area contributed by atoms with E-state index in [1.54, 1.807) is 0 Å². The Balaban J connectivity index is 2.37. The van der Waals surface area contributed by atoms with Crippen LogP contribution in [0.3, 0.4) is 0 Å². The van der Waals surface area contributed by atoms with E-state index in [0.717, 1.165) is 6.42 Å². The van der Waals surface area contributed by atoms with E-state index >= 15 is 0 Å². The molecule has 0 radical (unpaired) electrons. The van der Waals surface area contributed by atoms with Gasteiger partial charge >= 0.3 is 0 Å². The molecule has 1 rings (SSSR count). The van der Waals surface area contributed by atoms with E-state index in [1.807, 2.05) is 20.8 Å². The van der Waals surface area contributed by atoms with Crippen LogP contribution in [0.4, 0.5) is 0 Å². The van der Waals surface area contributed by atoms with Gasteiger partial charge in [0, 0.05) is 0 Å². The molecule has 0 heterocycles. The number of hydrogen-bond acceptors (Lipinski definition) is 3. The predicted octanol–water partition coefficient (Wildman–Crippen LogP) is 2.64. The largest absolute Gasteiger partial charge is 0.368 e. The van der Waals surface area contributed by atoms with Crippen LogP contribution in [0.5, 0.6) is 0 Å². The second-order valence-corrected chi connectivity index (χ2v) is 6.61. The monoisotopic (exact) mass is 266 g/mol. The van der Waals surface area contributed by atoms with E-state index in [9.17, 15) is 4.79 Å². The number of rotatable bonds is 4. The molecule has 0 aliphatic heterocycles. The number of nitrogens with one attached hydrogen (secondary N) is 1. The maximum atomic E-state index is 11.8. The fourth-order valence-electron chi connectivity index (χ4n) is 2.36. The van der Waals surface area contributed by atoms with Gasteiger partial charge in [-0.05, 0) is 24.2 Å². The highest BCUT2D eigenvalue weighted by Crippen LogP contribution is 2.26. The molecule has 1 aliphatic carbocycles. The average Bonchev–Trinajstić information content (AvgIpc) is 2.33. The summed E-state index contributed by atoms with van der Waals surface area (Å²) < 4.78 is 5.69. The molecule has 0 aromatic carbocycles. The van der Waals surface area contributed by atoms with Crippen molar-refractivity contribution in [1.82, 2.24) is 5.32 Å². The number of nitriles is 1. The van der Waals surface area contributed by atoms with Crippen molar-refractivity contribution in [3.63, 3.8) is 0 Å². The minimum absolute atomic E-state index is 0.0588. The third-order valence-corrected chi connectivity index (χ3v) is 3.76. The first-order valence-corrected chi connectivity index (χ1v) is 7.15. The molecule has 0 saturated heterocycles. The van der Waals surface area contributed by atoms with Crippen LogP contribution < -0.4 is 5.32 Å². The highest BCUT2D eigenvalue weighted by atomic mass is 16.5. The van der Waals surface area contributed by atoms with Gasteiger partial charge in [-0.2, -0.15) is 5.26 Å². The first-order chi connectivity index (χ1) is 8.84. The average molecular weight is 266 g/mol. The zero-order valence-corrected chi connectivity index (χ0v) is 12.5. The lowest BCUT2D eigenvalue weighted by Crippen LogP contribution is -2.44. The molecule has 108 valence electrons. The Kier molecular flexibility index (Phi) is 5.81. The number of amides is 1. The summed E-state index contributed by atoms with van der Waals surface area (Å²) in [7, 11) is 0. The van der Waals surface area contributed by atoms with E-state index in [-0.39, 0.29) is 24.0 Å². The Morgan fingerprint density at radius 2 is 2.05 bits per heavy atom. The van der Waals surface area contributed by atoms with Gasteiger partial charge in [0.1, 0.15) is 12.6 Å². The third kappa shape index (κ3) is 5.20. The Morgan fingerprint density at radius 3 is 2.58 bits per heavy atom. The normalized spacial score (nSPS) is 25.4. The lowest BCUT2D eigenvalue weighted by Gasteiger charge is -2.29. The second kappa shape index (κ2) is 6.91. The molecule has 4 heteroatoms. The highest BCUT2D eigenvalue weighted by Gasteiger charge is 2.27. The van der Waals surface area contributed by atoms with Gasteiger partial charge in [0.05, 0.1) is 12.2 Å². The summed E-state index contributed by atoms with van der Waals surface area (Å²) in [5.74, 6) is 0.329. The molecular formula is C15H26N2O2. The molecule has 4 nitrogen and oxygen atoms in total. The fraction of sp³-hybridized carbons (Fsp3) is 0.867. The van der Waals surface area contributed by atoms with Gasteiger partial charge in [-0.1, -0.05) is 40.5 Å². The van der Waals surface area contributed by atoms with Crippen LogP contribution in [0.2, 0.25) is 0 Å².